The molecule has 2 rings (SSSR count). The van der Waals surface area contributed by atoms with Crippen molar-refractivity contribution in [2.75, 3.05) is 39.9 Å². The van der Waals surface area contributed by atoms with E-state index in [1.807, 2.05) is 7.05 Å². The number of benzene rings is 1. The number of nitrogens with zero attached hydrogens (tertiary/aromatic N) is 2. The maximum Gasteiger partial charge on any atom is 0.191 e. The summed E-state index contributed by atoms with van der Waals surface area (Å²) in [5.74, 6) is 0.858. The highest BCUT2D eigenvalue weighted by Gasteiger charge is 2.24. The highest BCUT2D eigenvalue weighted by molar-refractivity contribution is 14.0. The number of guanidine groups is 1. The second-order valence-electron chi connectivity index (χ2n) is 7.57. The lowest BCUT2D eigenvalue weighted by Gasteiger charge is -2.38. The average Bonchev–Trinajstić information content (AvgIpc) is 2.62. The van der Waals surface area contributed by atoms with Gasteiger partial charge in [0.2, 0.25) is 0 Å². The van der Waals surface area contributed by atoms with Crippen LogP contribution in [0.2, 0.25) is 0 Å². The third-order valence-electron chi connectivity index (χ3n) is 5.03. The summed E-state index contributed by atoms with van der Waals surface area (Å²) in [6.07, 6.45) is 0. The molecule has 1 heterocycles. The molecule has 1 aliphatic rings. The number of nitrogens with one attached hydrogen (secondary N) is 2. The van der Waals surface area contributed by atoms with Crippen molar-refractivity contribution in [2.24, 2.45) is 4.99 Å². The Labute approximate surface area is 176 Å². The number of rotatable bonds is 6. The van der Waals surface area contributed by atoms with Crippen LogP contribution in [0, 0.1) is 0 Å². The van der Waals surface area contributed by atoms with Gasteiger partial charge in [-0.2, -0.15) is 0 Å². The highest BCUT2D eigenvalue weighted by Crippen LogP contribution is 2.21. The molecule has 2 unspecified atom stereocenters. The molecule has 2 atom stereocenters. The molecule has 1 saturated heterocycles. The highest BCUT2D eigenvalue weighted by atomic mass is 127. The molecule has 0 aromatic heterocycles. The van der Waals surface area contributed by atoms with E-state index < -0.39 is 0 Å². The zero-order valence-corrected chi connectivity index (χ0v) is 19.1. The normalized spacial score (nSPS) is 20.2. The molecule has 0 amide bonds. The Morgan fingerprint density at radius 1 is 1.31 bits per heavy atom. The first-order valence-corrected chi connectivity index (χ1v) is 9.27. The number of hydrogen-bond donors (Lipinski definition) is 2. The fourth-order valence-corrected chi connectivity index (χ4v) is 3.27. The summed E-state index contributed by atoms with van der Waals surface area (Å²) < 4.78 is 5.53. The van der Waals surface area contributed by atoms with Gasteiger partial charge in [0.25, 0.3) is 0 Å². The maximum absolute atomic E-state index is 5.53. The molecular formula is C20H35IN4O. The monoisotopic (exact) mass is 474 g/mol. The maximum atomic E-state index is 5.53. The van der Waals surface area contributed by atoms with Gasteiger partial charge in [0.15, 0.2) is 5.96 Å². The van der Waals surface area contributed by atoms with Gasteiger partial charge in [-0.3, -0.25) is 9.89 Å². The van der Waals surface area contributed by atoms with E-state index in [2.05, 4.69) is 78.6 Å². The first kappa shape index (κ1) is 23.2. The van der Waals surface area contributed by atoms with E-state index in [1.165, 1.54) is 5.56 Å². The van der Waals surface area contributed by atoms with Crippen molar-refractivity contribution in [3.8, 4) is 0 Å². The molecular weight excluding hydrogens is 439 g/mol. The molecule has 1 aliphatic heterocycles. The van der Waals surface area contributed by atoms with Crippen LogP contribution < -0.4 is 10.6 Å². The minimum atomic E-state index is 0. The predicted octanol–water partition coefficient (Wildman–Crippen LogP) is 2.86. The summed E-state index contributed by atoms with van der Waals surface area (Å²) in [7, 11) is 1.83. The molecule has 1 aromatic rings. The first-order chi connectivity index (χ1) is 11.9. The van der Waals surface area contributed by atoms with Crippen LogP contribution in [0.5, 0.6) is 0 Å². The first-order valence-electron chi connectivity index (χ1n) is 9.27. The largest absolute Gasteiger partial charge is 0.379 e. The molecule has 6 heteroatoms. The molecule has 1 fully saturated rings. The lowest BCUT2D eigenvalue weighted by Crippen LogP contribution is -2.53. The van der Waals surface area contributed by atoms with Crippen LogP contribution >= 0.6 is 24.0 Å². The zero-order valence-electron chi connectivity index (χ0n) is 16.8. The van der Waals surface area contributed by atoms with Gasteiger partial charge in [-0.15, -0.1) is 24.0 Å². The van der Waals surface area contributed by atoms with Crippen molar-refractivity contribution < 1.29 is 4.74 Å². The molecule has 5 nitrogen and oxygen atoms in total. The summed E-state index contributed by atoms with van der Waals surface area (Å²) >= 11 is 0. The van der Waals surface area contributed by atoms with Crippen LogP contribution in [-0.4, -0.2) is 62.8 Å². The fraction of sp³-hybridized carbons (Fsp3) is 0.650. The van der Waals surface area contributed by atoms with E-state index in [9.17, 15) is 0 Å². The van der Waals surface area contributed by atoms with Crippen molar-refractivity contribution in [2.45, 2.75) is 45.2 Å². The molecule has 0 radical (unpaired) electrons. The SMILES string of the molecule is CN=C(NCC(C)N1CCOCC1C)NCC(C)(C)c1ccccc1.I. The summed E-state index contributed by atoms with van der Waals surface area (Å²) in [5, 5.41) is 6.94. The predicted molar refractivity (Wildman–Crippen MR) is 121 cm³/mol. The Balaban J connectivity index is 0.00000338. The summed E-state index contributed by atoms with van der Waals surface area (Å²) in [4.78, 5) is 6.87. The minimum Gasteiger partial charge on any atom is -0.379 e. The molecule has 0 aliphatic carbocycles. The van der Waals surface area contributed by atoms with E-state index >= 15 is 0 Å². The van der Waals surface area contributed by atoms with E-state index in [1.54, 1.807) is 0 Å². The van der Waals surface area contributed by atoms with Crippen LogP contribution in [-0.2, 0) is 10.2 Å². The molecule has 0 bridgehead atoms. The fourth-order valence-electron chi connectivity index (χ4n) is 3.27. The van der Waals surface area contributed by atoms with Crippen molar-refractivity contribution in [1.82, 2.24) is 15.5 Å². The van der Waals surface area contributed by atoms with Crippen LogP contribution in [0.4, 0.5) is 0 Å². The number of hydrogen-bond acceptors (Lipinski definition) is 3. The van der Waals surface area contributed by atoms with Crippen LogP contribution in [0.3, 0.4) is 0 Å². The van der Waals surface area contributed by atoms with Gasteiger partial charge in [-0.25, -0.2) is 0 Å². The number of aliphatic imine (C=N–C) groups is 1. The van der Waals surface area contributed by atoms with Gasteiger partial charge >= 0.3 is 0 Å². The molecule has 148 valence electrons. The smallest absolute Gasteiger partial charge is 0.191 e. The standard InChI is InChI=1S/C20H34N4O.HI/c1-16(24-11-12-25-14-17(24)2)13-22-19(21-5)23-15-20(3,4)18-9-7-6-8-10-18;/h6-10,16-17H,11-15H2,1-5H3,(H2,21,22,23);1H. The molecule has 2 N–H and O–H groups in total. The molecule has 0 spiro atoms. The minimum absolute atomic E-state index is 0. The zero-order chi connectivity index (χ0) is 18.3. The van der Waals surface area contributed by atoms with Crippen molar-refractivity contribution in [1.29, 1.82) is 0 Å². The molecule has 0 saturated carbocycles. The van der Waals surface area contributed by atoms with E-state index in [0.29, 0.717) is 12.1 Å². The van der Waals surface area contributed by atoms with E-state index in [-0.39, 0.29) is 29.4 Å². The quantitative estimate of drug-likeness (QED) is 0.378. The van der Waals surface area contributed by atoms with Gasteiger partial charge in [-0.05, 0) is 19.4 Å². The number of morpholine rings is 1. The van der Waals surface area contributed by atoms with Gasteiger partial charge in [-0.1, -0.05) is 44.2 Å². The van der Waals surface area contributed by atoms with Gasteiger partial charge in [0, 0.05) is 44.2 Å². The van der Waals surface area contributed by atoms with Crippen LogP contribution in [0.15, 0.2) is 35.3 Å². The van der Waals surface area contributed by atoms with Crippen molar-refractivity contribution in [3.05, 3.63) is 35.9 Å². The Bertz CT molecular complexity index is 550. The van der Waals surface area contributed by atoms with E-state index in [4.69, 9.17) is 4.74 Å². The lowest BCUT2D eigenvalue weighted by atomic mass is 9.85. The van der Waals surface area contributed by atoms with Gasteiger partial charge in [0.05, 0.1) is 13.2 Å². The Morgan fingerprint density at radius 2 is 2.00 bits per heavy atom. The summed E-state index contributed by atoms with van der Waals surface area (Å²) in [5.41, 5.74) is 1.37. The second kappa shape index (κ2) is 11.1. The topological polar surface area (TPSA) is 48.9 Å². The third-order valence-corrected chi connectivity index (χ3v) is 5.03. The van der Waals surface area contributed by atoms with Crippen LogP contribution in [0.25, 0.3) is 0 Å². The Kier molecular flexibility index (Phi) is 9.89. The lowest BCUT2D eigenvalue weighted by molar-refractivity contribution is -0.0174. The third kappa shape index (κ3) is 6.70. The van der Waals surface area contributed by atoms with Crippen molar-refractivity contribution in [3.63, 3.8) is 0 Å². The van der Waals surface area contributed by atoms with E-state index in [0.717, 1.165) is 38.8 Å². The number of halogens is 1. The number of ether oxygens (including phenoxy) is 1. The second-order valence-corrected chi connectivity index (χ2v) is 7.57. The van der Waals surface area contributed by atoms with Gasteiger partial charge in [0.1, 0.15) is 0 Å². The van der Waals surface area contributed by atoms with Crippen LogP contribution in [0.1, 0.15) is 33.3 Å². The average molecular weight is 474 g/mol. The summed E-state index contributed by atoms with van der Waals surface area (Å²) in [6.45, 7) is 13.3. The Morgan fingerprint density at radius 3 is 2.62 bits per heavy atom. The molecule has 1 aromatic carbocycles. The van der Waals surface area contributed by atoms with Gasteiger partial charge < -0.3 is 15.4 Å². The summed E-state index contributed by atoms with van der Waals surface area (Å²) in [6, 6.07) is 11.5. The molecule has 26 heavy (non-hydrogen) atoms. The van der Waals surface area contributed by atoms with Crippen molar-refractivity contribution >= 4 is 29.9 Å². The Hall–Kier alpha value is -0.860.